The molecule has 0 saturated carbocycles. The van der Waals surface area contributed by atoms with Crippen molar-refractivity contribution in [1.29, 1.82) is 0 Å². The van der Waals surface area contributed by atoms with Crippen molar-refractivity contribution in [2.45, 2.75) is 65.7 Å². The Morgan fingerprint density at radius 3 is 2.44 bits per heavy atom. The number of carbonyl (C=O) groups excluding carboxylic acids is 1. The number of ether oxygens (including phenoxy) is 1. The minimum Gasteiger partial charge on any atom is -0.480 e. The number of methoxy groups -OCH3 is 1. The molecule has 0 spiro atoms. The average molecular weight is 581 g/mol. The number of rotatable bonds is 5. The third kappa shape index (κ3) is 4.42. The van der Waals surface area contributed by atoms with Gasteiger partial charge in [-0.2, -0.15) is 0 Å². The molecular formula is C34H36N4O5. The maximum atomic E-state index is 12.2. The highest BCUT2D eigenvalue weighted by atomic mass is 16.5. The van der Waals surface area contributed by atoms with Gasteiger partial charge in [-0.25, -0.2) is 4.98 Å². The van der Waals surface area contributed by atoms with Crippen LogP contribution >= 0.6 is 0 Å². The van der Waals surface area contributed by atoms with E-state index in [9.17, 15) is 15.0 Å². The van der Waals surface area contributed by atoms with Crippen molar-refractivity contribution in [3.8, 4) is 23.1 Å². The van der Waals surface area contributed by atoms with Gasteiger partial charge in [0.05, 0.1) is 29.6 Å². The number of fused-ring (bicyclic) bond motifs is 8. The van der Waals surface area contributed by atoms with E-state index in [4.69, 9.17) is 19.1 Å². The first-order valence-electron chi connectivity index (χ1n) is 14.6. The predicted molar refractivity (Wildman–Crippen MR) is 168 cm³/mol. The fourth-order valence-electron chi connectivity index (χ4n) is 6.61. The summed E-state index contributed by atoms with van der Waals surface area (Å²) in [5.41, 5.74) is 11.5. The first kappa shape index (κ1) is 28.3. The van der Waals surface area contributed by atoms with E-state index >= 15 is 0 Å². The molecule has 9 heteroatoms. The molecule has 8 bridgehead atoms. The largest absolute Gasteiger partial charge is 0.480 e. The zero-order valence-electron chi connectivity index (χ0n) is 25.3. The van der Waals surface area contributed by atoms with Crippen LogP contribution in [0, 0.1) is 20.8 Å². The Morgan fingerprint density at radius 2 is 1.74 bits per heavy atom. The number of aromatic nitrogens is 4. The molecule has 3 aliphatic heterocycles. The van der Waals surface area contributed by atoms with Crippen LogP contribution in [0.15, 0.2) is 29.2 Å². The van der Waals surface area contributed by atoms with E-state index in [1.54, 1.807) is 0 Å². The number of nitrogens with one attached hydrogen (secondary N) is 2. The van der Waals surface area contributed by atoms with Crippen LogP contribution in [0.1, 0.15) is 77.7 Å². The van der Waals surface area contributed by atoms with Crippen molar-refractivity contribution in [1.82, 2.24) is 19.9 Å². The minimum absolute atomic E-state index is 0.108. The van der Waals surface area contributed by atoms with Gasteiger partial charge in [0.1, 0.15) is 5.39 Å². The van der Waals surface area contributed by atoms with E-state index in [0.29, 0.717) is 39.8 Å². The molecule has 0 aliphatic carbocycles. The molecule has 3 aromatic heterocycles. The fourth-order valence-corrected chi connectivity index (χ4v) is 6.61. The first-order valence-corrected chi connectivity index (χ1v) is 14.6. The number of aryl methyl sites for hydroxylation is 4. The second kappa shape index (κ2) is 10.5. The molecule has 43 heavy (non-hydrogen) atoms. The second-order valence-corrected chi connectivity index (χ2v) is 11.4. The summed E-state index contributed by atoms with van der Waals surface area (Å²) in [6.07, 6.45) is 3.28. The number of aromatic amines is 2. The molecule has 3 aliphatic rings. The Hall–Kier alpha value is -4.79. The molecule has 6 heterocycles. The lowest BCUT2D eigenvalue weighted by molar-refractivity contribution is -0.140. The third-order valence-corrected chi connectivity index (χ3v) is 9.14. The van der Waals surface area contributed by atoms with Crippen LogP contribution in [0.5, 0.6) is 11.9 Å². The Balaban J connectivity index is 1.82. The summed E-state index contributed by atoms with van der Waals surface area (Å²) in [5, 5.41) is 22.3. The van der Waals surface area contributed by atoms with Gasteiger partial charge in [-0.15, -0.1) is 0 Å². The summed E-state index contributed by atoms with van der Waals surface area (Å²) in [6.45, 7) is 14.3. The van der Waals surface area contributed by atoms with Gasteiger partial charge in [0, 0.05) is 51.6 Å². The van der Waals surface area contributed by atoms with E-state index in [-0.39, 0.29) is 24.2 Å². The van der Waals surface area contributed by atoms with E-state index in [2.05, 4.69) is 50.3 Å². The molecule has 4 N–H and O–H groups in total. The monoisotopic (exact) mass is 580 g/mol. The lowest BCUT2D eigenvalue weighted by Crippen LogP contribution is -2.08. The number of hydrogen-bond acceptors (Lipinski definition) is 7. The molecule has 0 saturated heterocycles. The van der Waals surface area contributed by atoms with Crippen LogP contribution in [0.2, 0.25) is 0 Å². The summed E-state index contributed by atoms with van der Waals surface area (Å²) in [7, 11) is 1.37. The van der Waals surface area contributed by atoms with Crippen molar-refractivity contribution in [2.24, 2.45) is 0 Å². The van der Waals surface area contributed by atoms with Crippen molar-refractivity contribution >= 4 is 45.0 Å². The van der Waals surface area contributed by atoms with Crippen LogP contribution in [-0.2, 0) is 16.0 Å². The quantitative estimate of drug-likeness (QED) is 0.157. The summed E-state index contributed by atoms with van der Waals surface area (Å²) >= 11 is 0. The van der Waals surface area contributed by atoms with Crippen molar-refractivity contribution in [2.75, 3.05) is 7.11 Å². The number of esters is 1. The summed E-state index contributed by atoms with van der Waals surface area (Å²) in [4.78, 5) is 29.4. The highest BCUT2D eigenvalue weighted by Gasteiger charge is 2.35. The van der Waals surface area contributed by atoms with Gasteiger partial charge in [-0.1, -0.05) is 26.5 Å². The Labute approximate surface area is 249 Å². The van der Waals surface area contributed by atoms with Crippen molar-refractivity contribution in [3.05, 3.63) is 64.0 Å². The molecule has 9 nitrogen and oxygen atoms in total. The van der Waals surface area contributed by atoms with E-state index in [0.717, 1.165) is 56.4 Å². The van der Waals surface area contributed by atoms with Crippen LogP contribution in [0.3, 0.4) is 0 Å². The lowest BCUT2D eigenvalue weighted by atomic mass is 9.86. The molecule has 0 aromatic carbocycles. The molecule has 6 rings (SSSR count). The SMILES string of the molecule is C=Cc1c(C)c2cc3nc(c4c5nc(cc6[nH]c(cc1[nH]2)c(C)c6CC)c(C)c-5c(O)oc4O)C(CCC(=O)OC)C3C. The predicted octanol–water partition coefficient (Wildman–Crippen LogP) is 7.67. The van der Waals surface area contributed by atoms with Gasteiger partial charge < -0.3 is 29.3 Å². The molecule has 2 unspecified atom stereocenters. The highest BCUT2D eigenvalue weighted by molar-refractivity contribution is 5.95. The highest BCUT2D eigenvalue weighted by Crippen LogP contribution is 2.49. The molecule has 2 atom stereocenters. The average Bonchev–Trinajstić information content (AvgIpc) is 3.65. The van der Waals surface area contributed by atoms with Crippen LogP contribution in [-0.4, -0.2) is 43.2 Å². The zero-order valence-corrected chi connectivity index (χ0v) is 25.3. The van der Waals surface area contributed by atoms with Gasteiger partial charge >= 0.3 is 5.97 Å². The lowest BCUT2D eigenvalue weighted by Gasteiger charge is -2.17. The molecule has 3 aromatic rings. The first-order chi connectivity index (χ1) is 20.6. The molecule has 0 amide bonds. The van der Waals surface area contributed by atoms with Gasteiger partial charge in [-0.05, 0) is 74.1 Å². The Kier molecular flexibility index (Phi) is 6.91. The third-order valence-electron chi connectivity index (χ3n) is 9.14. The van der Waals surface area contributed by atoms with Crippen molar-refractivity contribution < 1.29 is 24.2 Å². The van der Waals surface area contributed by atoms with E-state index < -0.39 is 11.9 Å². The topological polar surface area (TPSA) is 137 Å². The molecule has 222 valence electrons. The Morgan fingerprint density at radius 1 is 1.02 bits per heavy atom. The zero-order chi connectivity index (χ0) is 30.7. The fraction of sp³-hybridized carbons (Fsp3) is 0.324. The van der Waals surface area contributed by atoms with Crippen LogP contribution in [0.25, 0.3) is 50.3 Å². The van der Waals surface area contributed by atoms with Gasteiger partial charge in [0.15, 0.2) is 0 Å². The number of nitrogens with zero attached hydrogens (tertiary/aromatic N) is 2. The number of aromatic hydroxyl groups is 2. The van der Waals surface area contributed by atoms with Gasteiger partial charge in [-0.3, -0.25) is 9.78 Å². The maximum absolute atomic E-state index is 12.2. The number of hydrogen-bond donors (Lipinski definition) is 4. The summed E-state index contributed by atoms with van der Waals surface area (Å²) < 4.78 is 10.4. The molecule has 0 fully saturated rings. The van der Waals surface area contributed by atoms with E-state index in [1.807, 2.05) is 25.1 Å². The number of H-pyrrole nitrogens is 2. The standard InChI is InChI=1S/C34H36N4O5/c1-8-19-15(3)22-12-24-17(5)21(10-11-28(39)42-7)31(37-24)30-32-29(33(40)43-34(30)41)18(6)25(38-32)14-27-20(9-2)16(4)23(36-27)13-26(19)35-22/h8,12-14,17,21,35-36,40-41H,1,9-11H2,2-7H3. The Bertz CT molecular complexity index is 2030. The van der Waals surface area contributed by atoms with Crippen LogP contribution < -0.4 is 0 Å². The van der Waals surface area contributed by atoms with E-state index in [1.165, 1.54) is 7.11 Å². The number of carbonyl (C=O) groups is 1. The van der Waals surface area contributed by atoms with Crippen LogP contribution in [0.4, 0.5) is 0 Å². The normalized spacial score (nSPS) is 15.9. The summed E-state index contributed by atoms with van der Waals surface area (Å²) in [5.74, 6) is -1.57. The maximum Gasteiger partial charge on any atom is 0.305 e. The summed E-state index contributed by atoms with van der Waals surface area (Å²) in [6, 6.07) is 6.11. The smallest absolute Gasteiger partial charge is 0.305 e. The van der Waals surface area contributed by atoms with Gasteiger partial charge in [0.2, 0.25) is 0 Å². The van der Waals surface area contributed by atoms with Gasteiger partial charge in [0.25, 0.3) is 11.9 Å². The van der Waals surface area contributed by atoms with Crippen molar-refractivity contribution in [3.63, 3.8) is 0 Å². The molecular weight excluding hydrogens is 544 g/mol. The minimum atomic E-state index is -0.473. The molecule has 0 radical (unpaired) electrons. The second-order valence-electron chi connectivity index (χ2n) is 11.4.